The van der Waals surface area contributed by atoms with Gasteiger partial charge in [-0.05, 0) is 25.7 Å². The molecule has 0 aliphatic carbocycles. The summed E-state index contributed by atoms with van der Waals surface area (Å²) in [6, 6.07) is -1.32. The van der Waals surface area contributed by atoms with E-state index in [1.165, 1.54) is 0 Å². The summed E-state index contributed by atoms with van der Waals surface area (Å²) < 4.78 is 59.6. The summed E-state index contributed by atoms with van der Waals surface area (Å²) in [4.78, 5) is 59.8. The normalized spacial score (nSPS) is 32.6. The molecule has 4 fully saturated rings. The Morgan fingerprint density at radius 3 is 2.19 bits per heavy atom. The van der Waals surface area contributed by atoms with Gasteiger partial charge in [0.05, 0.1) is 31.3 Å². The molecule has 13 atom stereocenters. The van der Waals surface area contributed by atoms with Crippen LogP contribution in [0.25, 0.3) is 0 Å². The quantitative estimate of drug-likeness (QED) is 0.0160. The molecule has 4 rings (SSSR count). The molecule has 5 amide bonds. The molecule has 59 heavy (non-hydrogen) atoms. The Kier molecular flexibility index (Phi) is 23.9. The molecule has 0 radical (unpaired) electrons. The van der Waals surface area contributed by atoms with Gasteiger partial charge < -0.3 is 80.4 Å². The maximum atomic E-state index is 12.4. The average Bonchev–Trinajstić information content (AvgIpc) is 3.69. The first-order valence-corrected chi connectivity index (χ1v) is 20.9. The van der Waals surface area contributed by atoms with E-state index in [9.17, 15) is 62.5 Å². The van der Waals surface area contributed by atoms with Crippen LogP contribution in [0.2, 0.25) is 0 Å². The number of aliphatic hydroxyl groups is 4. The molecule has 0 aromatic rings. The number of carbonyl (C=O) groups excluding carboxylic acids is 5. The Morgan fingerprint density at radius 1 is 0.881 bits per heavy atom. The number of carboxylic acid groups (broad SMARTS) is 1. The minimum atomic E-state index is -5.31. The molecule has 27 heteroatoms. The van der Waals surface area contributed by atoms with Crippen LogP contribution in [-0.2, 0) is 52.7 Å². The van der Waals surface area contributed by atoms with Crippen molar-refractivity contribution in [1.29, 1.82) is 0 Å². The monoisotopic (exact) mass is 903 g/mol. The van der Waals surface area contributed by atoms with Crippen molar-refractivity contribution in [3.8, 4) is 0 Å². The summed E-state index contributed by atoms with van der Waals surface area (Å²) in [5.41, 5.74) is 0. The number of carbonyl (C=O) groups is 5. The van der Waals surface area contributed by atoms with Gasteiger partial charge >= 0.3 is 65.1 Å². The first kappa shape index (κ1) is 54.2. The molecule has 9 N–H and O–H groups in total. The van der Waals surface area contributed by atoms with Crippen molar-refractivity contribution in [3.05, 3.63) is 0 Å². The summed E-state index contributed by atoms with van der Waals surface area (Å²) >= 11 is 1.83. The summed E-state index contributed by atoms with van der Waals surface area (Å²) in [7, 11) is -5.31. The number of unbranched alkanes of at least 4 members (excludes halogenated alkanes) is 3. The van der Waals surface area contributed by atoms with Crippen molar-refractivity contribution in [3.63, 3.8) is 0 Å². The van der Waals surface area contributed by atoms with Gasteiger partial charge in [-0.2, -0.15) is 11.8 Å². The largest absolute Gasteiger partial charge is 1.00 e. The van der Waals surface area contributed by atoms with Crippen LogP contribution in [-0.4, -0.2) is 174 Å². The van der Waals surface area contributed by atoms with Crippen LogP contribution in [0.1, 0.15) is 58.3 Å². The van der Waals surface area contributed by atoms with E-state index in [0.717, 1.165) is 31.9 Å². The van der Waals surface area contributed by atoms with Crippen LogP contribution in [0.15, 0.2) is 0 Å². The number of aliphatic carboxylic acids is 1. The topological polar surface area (TPSA) is 353 Å². The van der Waals surface area contributed by atoms with E-state index in [1.54, 1.807) is 0 Å². The van der Waals surface area contributed by atoms with Crippen molar-refractivity contribution in [1.82, 2.24) is 26.6 Å². The molecule has 0 unspecified atom stereocenters. The van der Waals surface area contributed by atoms with Crippen LogP contribution >= 0.6 is 11.8 Å². The zero-order chi connectivity index (χ0) is 41.9. The third kappa shape index (κ3) is 16.9. The number of amides is 5. The summed E-state index contributed by atoms with van der Waals surface area (Å²) in [6.45, 7) is 0.0563. The number of carboxylic acids is 1. The van der Waals surface area contributed by atoms with Crippen molar-refractivity contribution in [2.75, 3.05) is 32.1 Å². The van der Waals surface area contributed by atoms with Gasteiger partial charge in [-0.15, -0.1) is 0 Å². The Bertz CT molecular complexity index is 1510. The minimum Gasteiger partial charge on any atom is -0.726 e. The van der Waals surface area contributed by atoms with Gasteiger partial charge in [-0.1, -0.05) is 12.8 Å². The third-order valence-corrected chi connectivity index (χ3v) is 11.6. The fourth-order valence-electron chi connectivity index (χ4n) is 6.84. The SMILES string of the molecule is CC(=O)N[C@H]1[C@H](OCCNC(=O)CCCCCNC(=O)CCCC[C@@H]2SC[C@@H]3NC(=O)N[C@@H]32)O[C@H](COS(=O)(=O)[O-])[C@H](O)[C@@H]1O[C@@H]1O[C@H](C(=O)[O-])[C@@H](O)[C@H](O)[C@H]1O.[Na+].[Na+]. The third-order valence-electron chi connectivity index (χ3n) is 9.70. The van der Waals surface area contributed by atoms with E-state index in [2.05, 4.69) is 30.8 Å². The van der Waals surface area contributed by atoms with E-state index in [4.69, 9.17) is 18.9 Å². The fourth-order valence-corrected chi connectivity index (χ4v) is 8.68. The number of rotatable bonds is 22. The minimum absolute atomic E-state index is 0. The summed E-state index contributed by atoms with van der Waals surface area (Å²) in [5.74, 6) is -2.21. The zero-order valence-corrected chi connectivity index (χ0v) is 38.7. The molecular weight excluding hydrogens is 852 g/mol. The van der Waals surface area contributed by atoms with E-state index < -0.39 is 90.2 Å². The van der Waals surface area contributed by atoms with Crippen molar-refractivity contribution in [2.45, 2.75) is 137 Å². The number of urea groups is 1. The Balaban J connectivity index is 0.00000600. The molecule has 4 aliphatic heterocycles. The van der Waals surface area contributed by atoms with E-state index in [-0.39, 0.29) is 109 Å². The van der Waals surface area contributed by atoms with Crippen molar-refractivity contribution >= 4 is 51.9 Å². The maximum absolute atomic E-state index is 12.4. The Labute approximate surface area is 389 Å². The predicted molar refractivity (Wildman–Crippen MR) is 189 cm³/mol. The van der Waals surface area contributed by atoms with Gasteiger partial charge in [0.2, 0.25) is 28.1 Å². The van der Waals surface area contributed by atoms with Gasteiger partial charge in [0.25, 0.3) is 0 Å². The molecule has 326 valence electrons. The number of hydrogen-bond acceptors (Lipinski definition) is 19. The molecule has 0 aromatic carbocycles. The first-order valence-electron chi connectivity index (χ1n) is 18.6. The number of nitrogens with one attached hydrogen (secondary N) is 5. The number of hydrogen-bond donors (Lipinski definition) is 9. The molecule has 0 aromatic heterocycles. The van der Waals surface area contributed by atoms with Crippen molar-refractivity contribution in [2.24, 2.45) is 0 Å². The predicted octanol–water partition coefficient (Wildman–Crippen LogP) is -11.5. The number of ether oxygens (including phenoxy) is 4. The maximum Gasteiger partial charge on any atom is 1.00 e. The molecule has 4 saturated heterocycles. The standard InChI is InChI=1S/C32H53N5O18S2.2Na/c1-15(38)35-22-27(54-31-26(44)24(42)25(43)28(55-31)29(45)46)23(41)17(13-52-57(48,49)50)53-30(22)51-12-11-34-20(40)8-3-2-6-10-33-19(39)9-5-4-7-18-21-16(14-56-18)36-32(47)37-21;;/h16-18,21-28,30-31,41-44H,2-14H2,1H3,(H,33,39)(H,34,40)(H,35,38)(H,45,46)(H2,36,37,47)(H,48,49,50);;/q;2*+1/p-2/t16-,17+,18-,21-,22+,23-,24-,25-,26+,27+,28-,30+,31+;;/m0../s1. The van der Waals surface area contributed by atoms with Crippen LogP contribution in [0, 0.1) is 0 Å². The number of thioether (sulfide) groups is 1. The molecular formula is C32H51N5Na2O18S2. The Hall–Kier alpha value is -0.950. The zero-order valence-electron chi connectivity index (χ0n) is 33.0. The first-order chi connectivity index (χ1) is 26.9. The number of fused-ring (bicyclic) bond motifs is 1. The van der Waals surface area contributed by atoms with E-state index >= 15 is 0 Å². The Morgan fingerprint density at radius 2 is 1.54 bits per heavy atom. The number of aliphatic hydroxyl groups excluding tert-OH is 4. The smallest absolute Gasteiger partial charge is 0.726 e. The van der Waals surface area contributed by atoms with Gasteiger partial charge in [-0.25, -0.2) is 13.2 Å². The second-order valence-electron chi connectivity index (χ2n) is 14.0. The van der Waals surface area contributed by atoms with Gasteiger partial charge in [0.15, 0.2) is 12.6 Å². The van der Waals surface area contributed by atoms with E-state index in [0.29, 0.717) is 37.5 Å². The van der Waals surface area contributed by atoms with E-state index in [1.807, 2.05) is 11.8 Å². The summed E-state index contributed by atoms with van der Waals surface area (Å²) in [6.07, 6.45) is -12.8. The molecule has 4 aliphatic rings. The second-order valence-corrected chi connectivity index (χ2v) is 16.3. The molecule has 0 spiro atoms. The molecule has 4 heterocycles. The molecule has 0 bridgehead atoms. The van der Waals surface area contributed by atoms with Crippen LogP contribution in [0.4, 0.5) is 4.79 Å². The van der Waals surface area contributed by atoms with Crippen LogP contribution in [0.3, 0.4) is 0 Å². The van der Waals surface area contributed by atoms with Crippen molar-refractivity contribution < 1.29 is 145 Å². The fraction of sp³-hybridized carbons (Fsp3) is 0.844. The van der Waals surface area contributed by atoms with Crippen LogP contribution < -0.4 is 90.8 Å². The summed E-state index contributed by atoms with van der Waals surface area (Å²) in [5, 5.41) is 67.3. The molecule has 0 saturated carbocycles. The van der Waals surface area contributed by atoms with Gasteiger partial charge in [0, 0.05) is 43.9 Å². The van der Waals surface area contributed by atoms with Gasteiger partial charge in [0.1, 0.15) is 48.8 Å². The van der Waals surface area contributed by atoms with Crippen LogP contribution in [0.5, 0.6) is 0 Å². The molecule has 23 nitrogen and oxygen atoms in total. The van der Waals surface area contributed by atoms with Gasteiger partial charge in [-0.3, -0.25) is 18.6 Å². The second kappa shape index (κ2) is 26.0. The average molecular weight is 904 g/mol.